The summed E-state index contributed by atoms with van der Waals surface area (Å²) < 4.78 is 29.0. The van der Waals surface area contributed by atoms with Gasteiger partial charge in [0.2, 0.25) is 0 Å². The summed E-state index contributed by atoms with van der Waals surface area (Å²) in [5, 5.41) is 10.4. The first-order valence-corrected chi connectivity index (χ1v) is 12.1. The van der Waals surface area contributed by atoms with E-state index in [1.807, 2.05) is 24.3 Å². The average Bonchev–Trinajstić information content (AvgIpc) is 2.83. The third-order valence-electron chi connectivity index (χ3n) is 7.24. The van der Waals surface area contributed by atoms with Gasteiger partial charge in [-0.15, -0.1) is 6.58 Å². The summed E-state index contributed by atoms with van der Waals surface area (Å²) in [7, 11) is 0. The summed E-state index contributed by atoms with van der Waals surface area (Å²) in [6.45, 7) is 3.87. The molecule has 3 heteroatoms. The predicted octanol–water partition coefficient (Wildman–Crippen LogP) is 8.09. The Bertz CT molecular complexity index is 1170. The minimum atomic E-state index is -0.522. The van der Waals surface area contributed by atoms with Crippen LogP contribution in [0.1, 0.15) is 60.8 Å². The van der Waals surface area contributed by atoms with E-state index in [1.165, 1.54) is 49.8 Å². The fraction of sp³-hybridized carbons (Fsp3) is 0.367. The molecule has 0 aliphatic heterocycles. The van der Waals surface area contributed by atoms with Crippen LogP contribution in [-0.4, -0.2) is 0 Å². The number of nitrogens with zero attached hydrogens (tertiary/aromatic N) is 1. The molecule has 0 amide bonds. The normalized spacial score (nSPS) is 18.2. The summed E-state index contributed by atoms with van der Waals surface area (Å²) in [6.07, 6.45) is 11.7. The first kappa shape index (κ1) is 23.2. The van der Waals surface area contributed by atoms with Gasteiger partial charge in [0.1, 0.15) is 17.7 Å². The molecular formula is C30H31F2N. The Kier molecular flexibility index (Phi) is 7.55. The van der Waals surface area contributed by atoms with Gasteiger partial charge in [-0.05, 0) is 91.0 Å². The van der Waals surface area contributed by atoms with Gasteiger partial charge in [-0.2, -0.15) is 5.26 Å². The van der Waals surface area contributed by atoms with E-state index in [0.29, 0.717) is 23.8 Å². The molecule has 0 atom stereocenters. The maximum absolute atomic E-state index is 15.2. The van der Waals surface area contributed by atoms with E-state index in [1.54, 1.807) is 6.07 Å². The van der Waals surface area contributed by atoms with Crippen LogP contribution < -0.4 is 0 Å². The summed E-state index contributed by atoms with van der Waals surface area (Å²) in [5.41, 5.74) is 2.71. The number of benzene rings is 3. The van der Waals surface area contributed by atoms with Gasteiger partial charge in [0, 0.05) is 5.39 Å². The van der Waals surface area contributed by atoms with Crippen LogP contribution in [0.2, 0.25) is 0 Å². The lowest BCUT2D eigenvalue weighted by Crippen LogP contribution is -2.14. The van der Waals surface area contributed by atoms with Crippen molar-refractivity contribution in [2.45, 2.75) is 57.8 Å². The first-order valence-electron chi connectivity index (χ1n) is 12.1. The number of fused-ring (bicyclic) bond motifs is 1. The van der Waals surface area contributed by atoms with Crippen molar-refractivity contribution in [1.29, 1.82) is 5.26 Å². The van der Waals surface area contributed by atoms with Gasteiger partial charge < -0.3 is 0 Å². The van der Waals surface area contributed by atoms with E-state index in [9.17, 15) is 4.39 Å². The van der Waals surface area contributed by atoms with Gasteiger partial charge in [-0.1, -0.05) is 55.3 Å². The van der Waals surface area contributed by atoms with Crippen molar-refractivity contribution in [3.8, 4) is 6.07 Å². The van der Waals surface area contributed by atoms with E-state index in [2.05, 4.69) is 24.8 Å². The van der Waals surface area contributed by atoms with Crippen molar-refractivity contribution >= 4 is 10.8 Å². The van der Waals surface area contributed by atoms with Crippen molar-refractivity contribution in [3.05, 3.63) is 95.1 Å². The minimum absolute atomic E-state index is 0.0341. The Morgan fingerprint density at radius 3 is 2.33 bits per heavy atom. The van der Waals surface area contributed by atoms with Crippen molar-refractivity contribution < 1.29 is 8.78 Å². The number of hydrogen-bond donors (Lipinski definition) is 0. The fourth-order valence-electron chi connectivity index (χ4n) is 5.18. The summed E-state index contributed by atoms with van der Waals surface area (Å²) in [6, 6.07) is 16.4. The van der Waals surface area contributed by atoms with E-state index < -0.39 is 5.82 Å². The van der Waals surface area contributed by atoms with Crippen LogP contribution in [-0.2, 0) is 19.3 Å². The highest BCUT2D eigenvalue weighted by Gasteiger charge is 2.20. The summed E-state index contributed by atoms with van der Waals surface area (Å²) in [5.74, 6) is 0.917. The Hall–Kier alpha value is -2.99. The molecule has 1 saturated carbocycles. The summed E-state index contributed by atoms with van der Waals surface area (Å²) >= 11 is 0. The molecule has 0 radical (unpaired) electrons. The lowest BCUT2D eigenvalue weighted by atomic mass is 9.78. The van der Waals surface area contributed by atoms with Crippen molar-refractivity contribution in [1.82, 2.24) is 0 Å². The van der Waals surface area contributed by atoms with Crippen LogP contribution in [0.4, 0.5) is 8.78 Å². The maximum atomic E-state index is 15.2. The van der Waals surface area contributed by atoms with Gasteiger partial charge >= 0.3 is 0 Å². The van der Waals surface area contributed by atoms with Crippen LogP contribution in [0.3, 0.4) is 0 Å². The second kappa shape index (κ2) is 10.8. The molecule has 170 valence electrons. The molecule has 0 saturated heterocycles. The zero-order valence-electron chi connectivity index (χ0n) is 19.1. The smallest absolute Gasteiger partial charge is 0.141 e. The first-order chi connectivity index (χ1) is 16.1. The Balaban J connectivity index is 1.37. The molecule has 1 aliphatic carbocycles. The maximum Gasteiger partial charge on any atom is 0.141 e. The zero-order valence-corrected chi connectivity index (χ0v) is 19.1. The zero-order chi connectivity index (χ0) is 23.2. The van der Waals surface area contributed by atoms with E-state index in [4.69, 9.17) is 5.26 Å². The van der Waals surface area contributed by atoms with Gasteiger partial charge in [0.25, 0.3) is 0 Å². The highest BCUT2D eigenvalue weighted by atomic mass is 19.1. The number of halogens is 2. The number of rotatable bonds is 8. The molecule has 0 aromatic heterocycles. The standard InChI is InChI=1S/C30H31F2N/c1-2-3-21-4-6-22(7-5-21)8-9-23-12-17-28-26(18-23)16-15-25(30(28)32)13-10-24-11-14-27(20-33)29(31)19-24/h2,11-12,14-19,21-22H,1,3-10,13H2. The van der Waals surface area contributed by atoms with E-state index >= 15 is 4.39 Å². The molecular weight excluding hydrogens is 412 g/mol. The number of nitriles is 1. The number of allylic oxidation sites excluding steroid dienone is 1. The average molecular weight is 444 g/mol. The third-order valence-corrected chi connectivity index (χ3v) is 7.24. The molecule has 1 aliphatic rings. The van der Waals surface area contributed by atoms with Crippen LogP contribution in [0.25, 0.3) is 10.8 Å². The molecule has 3 aromatic carbocycles. The molecule has 1 nitrogen and oxygen atoms in total. The molecule has 3 aromatic rings. The molecule has 0 bridgehead atoms. The Labute approximate surface area is 195 Å². The van der Waals surface area contributed by atoms with Crippen LogP contribution in [0, 0.1) is 34.8 Å². The van der Waals surface area contributed by atoms with Gasteiger partial charge in [-0.3, -0.25) is 0 Å². The van der Waals surface area contributed by atoms with Crippen molar-refractivity contribution in [3.63, 3.8) is 0 Å². The highest BCUT2D eigenvalue weighted by Crippen LogP contribution is 2.34. The van der Waals surface area contributed by atoms with E-state index in [-0.39, 0.29) is 11.4 Å². The summed E-state index contributed by atoms with van der Waals surface area (Å²) in [4.78, 5) is 0. The fourth-order valence-corrected chi connectivity index (χ4v) is 5.18. The molecule has 0 heterocycles. The molecule has 1 fully saturated rings. The van der Waals surface area contributed by atoms with Crippen molar-refractivity contribution in [2.75, 3.05) is 0 Å². The quantitative estimate of drug-likeness (QED) is 0.323. The lowest BCUT2D eigenvalue weighted by molar-refractivity contribution is 0.265. The SMILES string of the molecule is C=CCC1CCC(CCc2ccc3c(F)c(CCc4ccc(C#N)c(F)c4)ccc3c2)CC1. The monoisotopic (exact) mass is 443 g/mol. The second-order valence-electron chi connectivity index (χ2n) is 9.47. The highest BCUT2D eigenvalue weighted by molar-refractivity contribution is 5.84. The van der Waals surface area contributed by atoms with Gasteiger partial charge in [0.15, 0.2) is 0 Å². The van der Waals surface area contributed by atoms with Crippen LogP contribution >= 0.6 is 0 Å². The van der Waals surface area contributed by atoms with Gasteiger partial charge in [-0.25, -0.2) is 8.78 Å². The van der Waals surface area contributed by atoms with Crippen LogP contribution in [0.15, 0.2) is 61.2 Å². The van der Waals surface area contributed by atoms with E-state index in [0.717, 1.165) is 35.6 Å². The molecule has 0 unspecified atom stereocenters. The predicted molar refractivity (Wildman–Crippen MR) is 131 cm³/mol. The largest absolute Gasteiger partial charge is 0.206 e. The third kappa shape index (κ3) is 5.69. The van der Waals surface area contributed by atoms with Gasteiger partial charge in [0.05, 0.1) is 5.56 Å². The topological polar surface area (TPSA) is 23.8 Å². The Morgan fingerprint density at radius 2 is 1.61 bits per heavy atom. The number of aryl methyl sites for hydroxylation is 3. The number of hydrogen-bond acceptors (Lipinski definition) is 1. The Morgan fingerprint density at radius 1 is 0.879 bits per heavy atom. The second-order valence-corrected chi connectivity index (χ2v) is 9.47. The van der Waals surface area contributed by atoms with Crippen molar-refractivity contribution in [2.24, 2.45) is 11.8 Å². The molecule has 0 spiro atoms. The minimum Gasteiger partial charge on any atom is -0.206 e. The lowest BCUT2D eigenvalue weighted by Gasteiger charge is -2.27. The molecule has 4 rings (SSSR count). The molecule has 0 N–H and O–H groups in total. The van der Waals surface area contributed by atoms with Crippen LogP contribution in [0.5, 0.6) is 0 Å². The molecule has 33 heavy (non-hydrogen) atoms.